The van der Waals surface area contributed by atoms with Crippen LogP contribution in [-0.4, -0.2) is 46.9 Å². The minimum Gasteiger partial charge on any atom is -0.383 e. The summed E-state index contributed by atoms with van der Waals surface area (Å²) < 4.78 is 0. The molecule has 1 N–H and O–H groups in total. The number of nitrogens with one attached hydrogen (secondary N) is 1. The first-order valence-corrected chi connectivity index (χ1v) is 7.98. The second-order valence-corrected chi connectivity index (χ2v) is 6.30. The van der Waals surface area contributed by atoms with Crippen LogP contribution in [0.1, 0.15) is 23.7 Å². The van der Waals surface area contributed by atoms with Gasteiger partial charge in [-0.1, -0.05) is 6.92 Å². The third kappa shape index (κ3) is 3.47. The first-order valence-electron chi connectivity index (χ1n) is 6.93. The minimum absolute atomic E-state index is 0.0188. The summed E-state index contributed by atoms with van der Waals surface area (Å²) in [6.07, 6.45) is 1.04. The van der Waals surface area contributed by atoms with E-state index in [1.165, 1.54) is 12.1 Å². The summed E-state index contributed by atoms with van der Waals surface area (Å²) in [5.41, 5.74) is 0.839. The van der Waals surface area contributed by atoms with E-state index in [-0.39, 0.29) is 11.6 Å². The third-order valence-corrected chi connectivity index (χ3v) is 4.96. The van der Waals surface area contributed by atoms with Gasteiger partial charge in [0.1, 0.15) is 5.69 Å². The molecular weight excluding hydrogens is 290 g/mol. The third-order valence-electron chi connectivity index (χ3n) is 3.59. The van der Waals surface area contributed by atoms with Gasteiger partial charge in [-0.05, 0) is 18.6 Å². The Balaban J connectivity index is 2.21. The normalized spacial score (nSPS) is 18.4. The van der Waals surface area contributed by atoms with Crippen LogP contribution >= 0.6 is 11.8 Å². The number of nitrogens with zero attached hydrogens (tertiary/aromatic N) is 2. The summed E-state index contributed by atoms with van der Waals surface area (Å²) in [6.45, 7) is 3.59. The van der Waals surface area contributed by atoms with Crippen LogP contribution < -0.4 is 5.32 Å². The quantitative estimate of drug-likeness (QED) is 0.683. The van der Waals surface area contributed by atoms with Crippen LogP contribution in [0.25, 0.3) is 0 Å². The fourth-order valence-electron chi connectivity index (χ4n) is 2.36. The lowest BCUT2D eigenvalue weighted by molar-refractivity contribution is -0.383. The van der Waals surface area contributed by atoms with Crippen molar-refractivity contribution < 1.29 is 9.72 Å². The topological polar surface area (TPSA) is 75.5 Å². The molecule has 0 bridgehead atoms. The van der Waals surface area contributed by atoms with Crippen molar-refractivity contribution in [1.82, 2.24) is 4.90 Å². The zero-order chi connectivity index (χ0) is 15.4. The molecule has 1 aromatic rings. The molecule has 0 spiro atoms. The van der Waals surface area contributed by atoms with Gasteiger partial charge in [-0.2, -0.15) is 11.8 Å². The van der Waals surface area contributed by atoms with E-state index in [1.807, 2.05) is 16.7 Å². The Labute approximate surface area is 128 Å². The largest absolute Gasteiger partial charge is 0.383 e. The van der Waals surface area contributed by atoms with Crippen molar-refractivity contribution in [1.29, 1.82) is 0 Å². The number of amides is 1. The standard InChI is InChI=1S/C14H19N3O3S/c1-3-11-9-16(6-7-21-11)14(18)10-4-5-13(17(19)20)12(8-10)15-2/h4-5,8,11,15H,3,6-7,9H2,1-2H3. The fourth-order valence-corrected chi connectivity index (χ4v) is 3.54. The van der Waals surface area contributed by atoms with Crippen LogP contribution in [-0.2, 0) is 0 Å². The zero-order valence-corrected chi connectivity index (χ0v) is 13.0. The van der Waals surface area contributed by atoms with E-state index in [0.717, 1.165) is 25.3 Å². The van der Waals surface area contributed by atoms with Crippen molar-refractivity contribution in [2.45, 2.75) is 18.6 Å². The summed E-state index contributed by atoms with van der Waals surface area (Å²) in [4.78, 5) is 24.8. The molecule has 1 heterocycles. The number of carbonyl (C=O) groups is 1. The Morgan fingerprint density at radius 3 is 2.95 bits per heavy atom. The highest BCUT2D eigenvalue weighted by Crippen LogP contribution is 2.27. The minimum atomic E-state index is -0.454. The SMILES string of the molecule is CCC1CN(C(=O)c2ccc([N+](=O)[O-])c(NC)c2)CCS1. The van der Waals surface area contributed by atoms with E-state index in [0.29, 0.717) is 16.5 Å². The molecule has 0 aliphatic carbocycles. The highest BCUT2D eigenvalue weighted by atomic mass is 32.2. The number of carbonyl (C=O) groups excluding carboxylic acids is 1. The van der Waals surface area contributed by atoms with Gasteiger partial charge in [0, 0.05) is 42.8 Å². The van der Waals surface area contributed by atoms with Gasteiger partial charge in [0.2, 0.25) is 0 Å². The van der Waals surface area contributed by atoms with E-state index in [9.17, 15) is 14.9 Å². The van der Waals surface area contributed by atoms with Crippen LogP contribution in [0.5, 0.6) is 0 Å². The number of thioether (sulfide) groups is 1. The molecule has 1 saturated heterocycles. The monoisotopic (exact) mass is 309 g/mol. The molecule has 0 aromatic heterocycles. The summed E-state index contributed by atoms with van der Waals surface area (Å²) in [6, 6.07) is 4.47. The lowest BCUT2D eigenvalue weighted by Gasteiger charge is -2.32. The molecule has 2 rings (SSSR count). The average molecular weight is 309 g/mol. The van der Waals surface area contributed by atoms with Gasteiger partial charge in [-0.15, -0.1) is 0 Å². The molecule has 1 fully saturated rings. The molecule has 1 atom stereocenters. The number of benzene rings is 1. The maximum Gasteiger partial charge on any atom is 0.292 e. The number of nitro benzene ring substituents is 1. The van der Waals surface area contributed by atoms with Gasteiger partial charge in [-0.25, -0.2) is 0 Å². The molecule has 114 valence electrons. The molecule has 1 aliphatic rings. The Hall–Kier alpha value is -1.76. The van der Waals surface area contributed by atoms with Crippen molar-refractivity contribution in [2.75, 3.05) is 31.2 Å². The summed E-state index contributed by atoms with van der Waals surface area (Å²) in [5, 5.41) is 14.2. The summed E-state index contributed by atoms with van der Waals surface area (Å²) in [7, 11) is 1.61. The summed E-state index contributed by atoms with van der Waals surface area (Å²) >= 11 is 1.90. The van der Waals surface area contributed by atoms with Gasteiger partial charge < -0.3 is 10.2 Å². The van der Waals surface area contributed by atoms with E-state index in [2.05, 4.69) is 12.2 Å². The van der Waals surface area contributed by atoms with E-state index in [1.54, 1.807) is 13.1 Å². The van der Waals surface area contributed by atoms with Crippen molar-refractivity contribution >= 4 is 29.0 Å². The van der Waals surface area contributed by atoms with Crippen molar-refractivity contribution in [3.8, 4) is 0 Å². The van der Waals surface area contributed by atoms with Crippen LogP contribution in [0.4, 0.5) is 11.4 Å². The molecule has 1 amide bonds. The van der Waals surface area contributed by atoms with Gasteiger partial charge >= 0.3 is 0 Å². The highest BCUT2D eigenvalue weighted by molar-refractivity contribution is 8.00. The molecule has 1 aliphatic heterocycles. The molecule has 0 radical (unpaired) electrons. The predicted molar refractivity (Wildman–Crippen MR) is 85.1 cm³/mol. The Morgan fingerprint density at radius 1 is 1.57 bits per heavy atom. The predicted octanol–water partition coefficient (Wildman–Crippen LogP) is 2.60. The second kappa shape index (κ2) is 6.80. The average Bonchev–Trinajstić information content (AvgIpc) is 2.53. The van der Waals surface area contributed by atoms with Gasteiger partial charge in [0.05, 0.1) is 4.92 Å². The Bertz CT molecular complexity index is 550. The zero-order valence-electron chi connectivity index (χ0n) is 12.2. The highest BCUT2D eigenvalue weighted by Gasteiger charge is 2.25. The molecule has 1 unspecified atom stereocenters. The number of hydrogen-bond donors (Lipinski definition) is 1. The molecule has 0 saturated carbocycles. The number of hydrogen-bond acceptors (Lipinski definition) is 5. The Morgan fingerprint density at radius 2 is 2.33 bits per heavy atom. The summed E-state index contributed by atoms with van der Waals surface area (Å²) in [5.74, 6) is 0.885. The van der Waals surface area contributed by atoms with Crippen LogP contribution in [0, 0.1) is 10.1 Å². The molecule has 1 aromatic carbocycles. The molecule has 6 nitrogen and oxygen atoms in total. The molecular formula is C14H19N3O3S. The lowest BCUT2D eigenvalue weighted by Crippen LogP contribution is -2.41. The first-order chi connectivity index (χ1) is 10.1. The van der Waals surface area contributed by atoms with Crippen LogP contribution in [0.15, 0.2) is 18.2 Å². The molecule has 21 heavy (non-hydrogen) atoms. The maximum absolute atomic E-state index is 12.5. The Kier molecular flexibility index (Phi) is 5.06. The van der Waals surface area contributed by atoms with E-state index in [4.69, 9.17) is 0 Å². The van der Waals surface area contributed by atoms with Gasteiger partial charge in [-0.3, -0.25) is 14.9 Å². The van der Waals surface area contributed by atoms with Crippen molar-refractivity contribution in [3.05, 3.63) is 33.9 Å². The smallest absolute Gasteiger partial charge is 0.292 e. The van der Waals surface area contributed by atoms with Crippen LogP contribution in [0.3, 0.4) is 0 Å². The number of rotatable bonds is 4. The van der Waals surface area contributed by atoms with Crippen molar-refractivity contribution in [2.24, 2.45) is 0 Å². The maximum atomic E-state index is 12.5. The second-order valence-electron chi connectivity index (χ2n) is 4.89. The van der Waals surface area contributed by atoms with Gasteiger partial charge in [0.25, 0.3) is 11.6 Å². The number of anilines is 1. The van der Waals surface area contributed by atoms with E-state index >= 15 is 0 Å². The molecule has 7 heteroatoms. The van der Waals surface area contributed by atoms with Crippen LogP contribution in [0.2, 0.25) is 0 Å². The lowest BCUT2D eigenvalue weighted by atomic mass is 10.1. The number of nitro groups is 1. The fraction of sp³-hybridized carbons (Fsp3) is 0.500. The first kappa shape index (κ1) is 15.6. The van der Waals surface area contributed by atoms with Crippen molar-refractivity contribution in [3.63, 3.8) is 0 Å². The van der Waals surface area contributed by atoms with E-state index < -0.39 is 4.92 Å². The van der Waals surface area contributed by atoms with Gasteiger partial charge in [0.15, 0.2) is 0 Å².